The predicted octanol–water partition coefficient (Wildman–Crippen LogP) is 4.36. The van der Waals surface area contributed by atoms with Crippen LogP contribution >= 0.6 is 15.9 Å². The highest BCUT2D eigenvalue weighted by molar-refractivity contribution is 9.10. The van der Waals surface area contributed by atoms with Gasteiger partial charge in [-0.05, 0) is 52.3 Å². The Balaban J connectivity index is 2.35. The summed E-state index contributed by atoms with van der Waals surface area (Å²) in [5, 5.41) is 0. The van der Waals surface area contributed by atoms with Gasteiger partial charge in [0, 0.05) is 17.2 Å². The average Bonchev–Trinajstić information content (AvgIpc) is 2.30. The molecule has 0 heterocycles. The van der Waals surface area contributed by atoms with Crippen LogP contribution in [0.4, 0.5) is 15.8 Å². The van der Waals surface area contributed by atoms with Crippen LogP contribution in [0.1, 0.15) is 0 Å². The second kappa shape index (κ2) is 4.66. The summed E-state index contributed by atoms with van der Waals surface area (Å²) in [6, 6.07) is 14.4. The zero-order valence-electron chi connectivity index (χ0n) is 8.82. The van der Waals surface area contributed by atoms with Gasteiger partial charge in [-0.25, -0.2) is 4.39 Å². The van der Waals surface area contributed by atoms with Crippen molar-refractivity contribution in [2.75, 3.05) is 11.9 Å². The molecule has 0 saturated heterocycles. The van der Waals surface area contributed by atoms with Crippen LogP contribution in [0.25, 0.3) is 0 Å². The first-order valence-corrected chi connectivity index (χ1v) is 5.71. The lowest BCUT2D eigenvalue weighted by atomic mass is 10.2. The number of para-hydroxylation sites is 1. The van der Waals surface area contributed by atoms with Gasteiger partial charge in [0.1, 0.15) is 5.82 Å². The van der Waals surface area contributed by atoms with Gasteiger partial charge in [-0.1, -0.05) is 12.1 Å². The molecule has 0 aliphatic carbocycles. The van der Waals surface area contributed by atoms with E-state index in [1.165, 1.54) is 12.1 Å². The summed E-state index contributed by atoms with van der Waals surface area (Å²) in [5.41, 5.74) is 2.00. The molecule has 0 amide bonds. The van der Waals surface area contributed by atoms with Crippen LogP contribution < -0.4 is 4.90 Å². The highest BCUT2D eigenvalue weighted by Crippen LogP contribution is 2.30. The fourth-order valence-electron chi connectivity index (χ4n) is 1.53. The van der Waals surface area contributed by atoms with E-state index < -0.39 is 0 Å². The molecule has 2 aromatic rings. The third kappa shape index (κ3) is 2.25. The fourth-order valence-corrected chi connectivity index (χ4v) is 2.08. The lowest BCUT2D eigenvalue weighted by Gasteiger charge is -2.20. The molecule has 16 heavy (non-hydrogen) atoms. The van der Waals surface area contributed by atoms with Crippen molar-refractivity contribution in [2.24, 2.45) is 0 Å². The van der Waals surface area contributed by atoms with Crippen molar-refractivity contribution in [3.8, 4) is 0 Å². The molecule has 0 fully saturated rings. The van der Waals surface area contributed by atoms with E-state index in [4.69, 9.17) is 0 Å². The minimum Gasteiger partial charge on any atom is -0.344 e. The summed E-state index contributed by atoms with van der Waals surface area (Å²) >= 11 is 3.49. The van der Waals surface area contributed by atoms with Gasteiger partial charge in [0.05, 0.1) is 5.69 Å². The van der Waals surface area contributed by atoms with Crippen LogP contribution in [0.2, 0.25) is 0 Å². The van der Waals surface area contributed by atoms with Gasteiger partial charge in [-0.15, -0.1) is 0 Å². The highest BCUT2D eigenvalue weighted by atomic mass is 79.9. The Bertz CT molecular complexity index is 482. The summed E-state index contributed by atoms with van der Waals surface area (Å²) in [6.45, 7) is 0. The Morgan fingerprint density at radius 3 is 2.25 bits per heavy atom. The summed E-state index contributed by atoms with van der Waals surface area (Å²) in [4.78, 5) is 2.00. The number of hydrogen-bond donors (Lipinski definition) is 0. The van der Waals surface area contributed by atoms with E-state index in [0.29, 0.717) is 0 Å². The van der Waals surface area contributed by atoms with E-state index >= 15 is 0 Å². The minimum atomic E-state index is -0.218. The molecular weight excluding hydrogens is 269 g/mol. The molecule has 0 radical (unpaired) electrons. The highest BCUT2D eigenvalue weighted by Gasteiger charge is 2.06. The number of anilines is 2. The second-order valence-corrected chi connectivity index (χ2v) is 4.34. The lowest BCUT2D eigenvalue weighted by Crippen LogP contribution is -2.09. The molecule has 0 saturated carbocycles. The standard InChI is InChI=1S/C13H11BrFN/c1-16(11-8-6-10(15)7-9-11)13-5-3-2-4-12(13)14/h2-9H,1H3. The Morgan fingerprint density at radius 2 is 1.62 bits per heavy atom. The Hall–Kier alpha value is -1.35. The molecule has 0 aliphatic heterocycles. The van der Waals surface area contributed by atoms with Gasteiger partial charge in [0.25, 0.3) is 0 Å². The van der Waals surface area contributed by atoms with Crippen LogP contribution in [0.15, 0.2) is 53.0 Å². The van der Waals surface area contributed by atoms with Crippen LogP contribution in [-0.2, 0) is 0 Å². The second-order valence-electron chi connectivity index (χ2n) is 3.49. The summed E-state index contributed by atoms with van der Waals surface area (Å²) < 4.78 is 13.8. The number of hydrogen-bond acceptors (Lipinski definition) is 1. The number of benzene rings is 2. The molecule has 2 rings (SSSR count). The zero-order chi connectivity index (χ0) is 11.5. The first kappa shape index (κ1) is 11.1. The third-order valence-electron chi connectivity index (χ3n) is 2.43. The quantitative estimate of drug-likeness (QED) is 0.790. The van der Waals surface area contributed by atoms with Gasteiger partial charge in [-0.2, -0.15) is 0 Å². The van der Waals surface area contributed by atoms with Gasteiger partial charge in [0.15, 0.2) is 0 Å². The predicted molar refractivity (Wildman–Crippen MR) is 68.6 cm³/mol. The molecule has 0 N–H and O–H groups in total. The SMILES string of the molecule is CN(c1ccc(F)cc1)c1ccccc1Br. The molecule has 0 atom stereocenters. The fraction of sp³-hybridized carbons (Fsp3) is 0.0769. The Labute approximate surface area is 103 Å². The van der Waals surface area contributed by atoms with Gasteiger partial charge in [-0.3, -0.25) is 0 Å². The van der Waals surface area contributed by atoms with Gasteiger partial charge < -0.3 is 4.90 Å². The minimum absolute atomic E-state index is 0.218. The molecule has 82 valence electrons. The summed E-state index contributed by atoms with van der Waals surface area (Å²) in [5.74, 6) is -0.218. The average molecular weight is 280 g/mol. The van der Waals surface area contributed by atoms with Crippen molar-refractivity contribution in [3.63, 3.8) is 0 Å². The molecule has 1 nitrogen and oxygen atoms in total. The van der Waals surface area contributed by atoms with Crippen molar-refractivity contribution in [1.29, 1.82) is 0 Å². The first-order chi connectivity index (χ1) is 7.68. The largest absolute Gasteiger partial charge is 0.344 e. The monoisotopic (exact) mass is 279 g/mol. The topological polar surface area (TPSA) is 3.24 Å². The van der Waals surface area contributed by atoms with Crippen LogP contribution in [-0.4, -0.2) is 7.05 Å². The molecule has 0 aliphatic rings. The zero-order valence-corrected chi connectivity index (χ0v) is 10.4. The maximum absolute atomic E-state index is 12.8. The molecular formula is C13H11BrFN. The van der Waals surface area contributed by atoms with Gasteiger partial charge >= 0.3 is 0 Å². The van der Waals surface area contributed by atoms with E-state index in [1.54, 1.807) is 12.1 Å². The Morgan fingerprint density at radius 1 is 1.00 bits per heavy atom. The maximum Gasteiger partial charge on any atom is 0.123 e. The molecule has 0 unspecified atom stereocenters. The lowest BCUT2D eigenvalue weighted by molar-refractivity contribution is 0.628. The van der Waals surface area contributed by atoms with Crippen molar-refractivity contribution < 1.29 is 4.39 Å². The summed E-state index contributed by atoms with van der Waals surface area (Å²) in [7, 11) is 1.95. The van der Waals surface area contributed by atoms with Crippen molar-refractivity contribution in [3.05, 3.63) is 58.8 Å². The third-order valence-corrected chi connectivity index (χ3v) is 3.10. The van der Waals surface area contributed by atoms with Crippen LogP contribution in [0.5, 0.6) is 0 Å². The smallest absolute Gasteiger partial charge is 0.123 e. The Kier molecular flexibility index (Phi) is 3.25. The van der Waals surface area contributed by atoms with E-state index in [-0.39, 0.29) is 5.82 Å². The molecule has 2 aromatic carbocycles. The van der Waals surface area contributed by atoms with Crippen molar-refractivity contribution in [1.82, 2.24) is 0 Å². The van der Waals surface area contributed by atoms with E-state index in [1.807, 2.05) is 36.2 Å². The molecule has 3 heteroatoms. The summed E-state index contributed by atoms with van der Waals surface area (Å²) in [6.07, 6.45) is 0. The number of rotatable bonds is 2. The normalized spacial score (nSPS) is 10.2. The van der Waals surface area contributed by atoms with E-state index in [0.717, 1.165) is 15.8 Å². The maximum atomic E-state index is 12.8. The van der Waals surface area contributed by atoms with E-state index in [9.17, 15) is 4.39 Å². The number of nitrogens with zero attached hydrogens (tertiary/aromatic N) is 1. The molecule has 0 spiro atoms. The van der Waals surface area contributed by atoms with Crippen molar-refractivity contribution >= 4 is 27.3 Å². The van der Waals surface area contributed by atoms with Crippen LogP contribution in [0.3, 0.4) is 0 Å². The van der Waals surface area contributed by atoms with E-state index in [2.05, 4.69) is 15.9 Å². The molecule has 0 aromatic heterocycles. The molecule has 0 bridgehead atoms. The van der Waals surface area contributed by atoms with Crippen LogP contribution in [0, 0.1) is 5.82 Å². The number of halogens is 2. The van der Waals surface area contributed by atoms with Crippen molar-refractivity contribution in [2.45, 2.75) is 0 Å². The van der Waals surface area contributed by atoms with Gasteiger partial charge in [0.2, 0.25) is 0 Å². The first-order valence-electron chi connectivity index (χ1n) is 4.92.